The van der Waals surface area contributed by atoms with Crippen LogP contribution in [0.5, 0.6) is 0 Å². The molecule has 1 saturated heterocycles. The molecule has 2 N–H and O–H groups in total. The zero-order valence-electron chi connectivity index (χ0n) is 12.5. The van der Waals surface area contributed by atoms with Crippen LogP contribution >= 0.6 is 11.8 Å². The third kappa shape index (κ3) is 5.12. The van der Waals surface area contributed by atoms with Crippen LogP contribution in [-0.2, 0) is 4.74 Å². The van der Waals surface area contributed by atoms with Gasteiger partial charge in [-0.25, -0.2) is 9.18 Å². The lowest BCUT2D eigenvalue weighted by Gasteiger charge is -2.20. The molecule has 1 aliphatic rings. The summed E-state index contributed by atoms with van der Waals surface area (Å²) in [6.07, 6.45) is 0.437. The second kappa shape index (κ2) is 6.56. The number of carbonyl (C=O) groups excluding carboxylic acids is 1. The first-order valence-corrected chi connectivity index (χ1v) is 8.13. The summed E-state index contributed by atoms with van der Waals surface area (Å²) in [7, 11) is 0. The zero-order valence-corrected chi connectivity index (χ0v) is 13.3. The first-order chi connectivity index (χ1) is 9.83. The Hall–Kier alpha value is -1.43. The van der Waals surface area contributed by atoms with Gasteiger partial charge < -0.3 is 10.1 Å². The van der Waals surface area contributed by atoms with Crippen LogP contribution < -0.4 is 10.6 Å². The van der Waals surface area contributed by atoms with E-state index in [1.807, 2.05) is 11.8 Å². The molecule has 0 radical (unpaired) electrons. The molecule has 116 valence electrons. The van der Waals surface area contributed by atoms with Crippen LogP contribution in [0.4, 0.5) is 20.6 Å². The molecule has 21 heavy (non-hydrogen) atoms. The molecule has 2 rings (SSSR count). The minimum atomic E-state index is -0.657. The highest BCUT2D eigenvalue weighted by atomic mass is 32.2. The van der Waals surface area contributed by atoms with Crippen molar-refractivity contribution in [3.8, 4) is 0 Å². The summed E-state index contributed by atoms with van der Waals surface area (Å²) in [5, 5.41) is 5.80. The van der Waals surface area contributed by atoms with Crippen molar-refractivity contribution in [1.82, 2.24) is 0 Å². The molecule has 1 atom stereocenters. The molecule has 6 heteroatoms. The van der Waals surface area contributed by atoms with Crippen molar-refractivity contribution in [2.24, 2.45) is 0 Å². The molecule has 1 aromatic rings. The topological polar surface area (TPSA) is 50.4 Å². The molecule has 0 spiro atoms. The van der Waals surface area contributed by atoms with E-state index >= 15 is 0 Å². The van der Waals surface area contributed by atoms with Gasteiger partial charge in [-0.3, -0.25) is 5.32 Å². The second-order valence-electron chi connectivity index (χ2n) is 6.03. The minimum Gasteiger partial charge on any atom is -0.444 e. The Morgan fingerprint density at radius 1 is 1.43 bits per heavy atom. The predicted octanol–water partition coefficient (Wildman–Crippen LogP) is 4.09. The van der Waals surface area contributed by atoms with E-state index in [2.05, 4.69) is 10.6 Å². The molecule has 0 aliphatic carbocycles. The lowest BCUT2D eigenvalue weighted by molar-refractivity contribution is 0.0635. The number of amides is 1. The number of benzene rings is 1. The number of hydrogen-bond donors (Lipinski definition) is 2. The Balaban J connectivity index is 2.02. The van der Waals surface area contributed by atoms with Crippen molar-refractivity contribution in [2.75, 3.05) is 22.1 Å². The lowest BCUT2D eigenvalue weighted by atomic mass is 10.2. The molecule has 1 amide bonds. The van der Waals surface area contributed by atoms with Gasteiger partial charge in [-0.1, -0.05) is 0 Å². The van der Waals surface area contributed by atoms with E-state index in [0.29, 0.717) is 6.04 Å². The van der Waals surface area contributed by atoms with E-state index in [1.54, 1.807) is 32.9 Å². The molecule has 0 bridgehead atoms. The van der Waals surface area contributed by atoms with E-state index in [0.717, 1.165) is 23.6 Å². The fraction of sp³-hybridized carbons (Fsp3) is 0.533. The Bertz CT molecular complexity index is 511. The summed E-state index contributed by atoms with van der Waals surface area (Å²) in [6.45, 7) is 5.29. The second-order valence-corrected chi connectivity index (χ2v) is 7.18. The van der Waals surface area contributed by atoms with Gasteiger partial charge in [0, 0.05) is 17.5 Å². The third-order valence-electron chi connectivity index (χ3n) is 2.90. The number of rotatable bonds is 3. The maximum Gasteiger partial charge on any atom is 0.412 e. The van der Waals surface area contributed by atoms with E-state index in [-0.39, 0.29) is 5.69 Å². The van der Waals surface area contributed by atoms with Crippen LogP contribution in [0.15, 0.2) is 18.2 Å². The van der Waals surface area contributed by atoms with Gasteiger partial charge in [0.15, 0.2) is 0 Å². The van der Waals surface area contributed by atoms with Crippen molar-refractivity contribution in [2.45, 2.75) is 38.8 Å². The van der Waals surface area contributed by atoms with Crippen LogP contribution in [0, 0.1) is 5.82 Å². The number of anilines is 2. The fourth-order valence-corrected chi connectivity index (χ4v) is 3.16. The highest BCUT2D eigenvalue weighted by molar-refractivity contribution is 7.99. The van der Waals surface area contributed by atoms with E-state index in [9.17, 15) is 9.18 Å². The number of thioether (sulfide) groups is 1. The number of hydrogen-bond acceptors (Lipinski definition) is 4. The van der Waals surface area contributed by atoms with E-state index in [1.165, 1.54) is 6.07 Å². The Morgan fingerprint density at radius 2 is 2.19 bits per heavy atom. The minimum absolute atomic E-state index is 0.125. The number of carbonyl (C=O) groups is 1. The highest BCUT2D eigenvalue weighted by Gasteiger charge is 2.19. The molecule has 0 aromatic heterocycles. The molecular weight excluding hydrogens is 291 g/mol. The Kier molecular flexibility index (Phi) is 4.98. The molecule has 1 aromatic carbocycles. The number of ether oxygens (including phenoxy) is 1. The van der Waals surface area contributed by atoms with Gasteiger partial charge in [-0.05, 0) is 51.1 Å². The van der Waals surface area contributed by atoms with E-state index < -0.39 is 17.5 Å². The van der Waals surface area contributed by atoms with Gasteiger partial charge in [0.05, 0.1) is 5.69 Å². The quantitative estimate of drug-likeness (QED) is 0.882. The van der Waals surface area contributed by atoms with Crippen molar-refractivity contribution in [1.29, 1.82) is 0 Å². The van der Waals surface area contributed by atoms with Crippen molar-refractivity contribution in [3.05, 3.63) is 24.0 Å². The monoisotopic (exact) mass is 312 g/mol. The standard InChI is InChI=1S/C15H21FN2O2S/c1-15(2,3)20-14(19)18-13-8-10(4-5-12(13)16)17-11-6-7-21-9-11/h4-5,8,11,17H,6-7,9H2,1-3H3,(H,18,19). The average Bonchev–Trinajstić information content (AvgIpc) is 2.84. The maximum absolute atomic E-state index is 13.8. The molecule has 1 heterocycles. The normalized spacial score (nSPS) is 18.4. The summed E-state index contributed by atoms with van der Waals surface area (Å²) in [4.78, 5) is 11.7. The van der Waals surface area contributed by atoms with Crippen LogP contribution in [-0.4, -0.2) is 29.2 Å². The summed E-state index contributed by atoms with van der Waals surface area (Å²) >= 11 is 1.90. The first kappa shape index (κ1) is 15.9. The van der Waals surface area contributed by atoms with Gasteiger partial charge >= 0.3 is 6.09 Å². The van der Waals surface area contributed by atoms with Gasteiger partial charge in [0.2, 0.25) is 0 Å². The predicted molar refractivity (Wildman–Crippen MR) is 85.6 cm³/mol. The van der Waals surface area contributed by atoms with Gasteiger partial charge in [0.1, 0.15) is 11.4 Å². The van der Waals surface area contributed by atoms with Crippen LogP contribution in [0.25, 0.3) is 0 Å². The smallest absolute Gasteiger partial charge is 0.412 e. The first-order valence-electron chi connectivity index (χ1n) is 6.97. The maximum atomic E-state index is 13.8. The third-order valence-corrected chi connectivity index (χ3v) is 4.06. The summed E-state index contributed by atoms with van der Waals surface area (Å²) < 4.78 is 18.9. The van der Waals surface area contributed by atoms with E-state index in [4.69, 9.17) is 4.74 Å². The summed E-state index contributed by atoms with van der Waals surface area (Å²) in [5.74, 6) is 1.71. The van der Waals surface area contributed by atoms with Gasteiger partial charge in [-0.2, -0.15) is 11.8 Å². The van der Waals surface area contributed by atoms with Crippen molar-refractivity contribution in [3.63, 3.8) is 0 Å². The SMILES string of the molecule is CC(C)(C)OC(=O)Nc1cc(NC2CCSC2)ccc1F. The summed E-state index contributed by atoms with van der Waals surface area (Å²) in [6, 6.07) is 5.02. The molecular formula is C15H21FN2O2S. The Morgan fingerprint density at radius 3 is 2.81 bits per heavy atom. The lowest BCUT2D eigenvalue weighted by Crippen LogP contribution is -2.27. The number of halogens is 1. The molecule has 1 fully saturated rings. The zero-order chi connectivity index (χ0) is 15.5. The van der Waals surface area contributed by atoms with Gasteiger partial charge in [-0.15, -0.1) is 0 Å². The molecule has 1 unspecified atom stereocenters. The molecule has 0 saturated carbocycles. The van der Waals surface area contributed by atoms with Crippen LogP contribution in [0.1, 0.15) is 27.2 Å². The average molecular weight is 312 g/mol. The van der Waals surface area contributed by atoms with Gasteiger partial charge in [0.25, 0.3) is 0 Å². The van der Waals surface area contributed by atoms with Crippen LogP contribution in [0.2, 0.25) is 0 Å². The highest BCUT2D eigenvalue weighted by Crippen LogP contribution is 2.25. The number of nitrogens with one attached hydrogen (secondary N) is 2. The molecule has 1 aliphatic heterocycles. The van der Waals surface area contributed by atoms with Crippen molar-refractivity contribution < 1.29 is 13.9 Å². The summed E-state index contributed by atoms with van der Waals surface area (Å²) in [5.41, 5.74) is 0.312. The largest absolute Gasteiger partial charge is 0.444 e. The fourth-order valence-electron chi connectivity index (χ4n) is 2.01. The van der Waals surface area contributed by atoms with Crippen LogP contribution in [0.3, 0.4) is 0 Å². The van der Waals surface area contributed by atoms with Crippen molar-refractivity contribution >= 4 is 29.2 Å². The Labute approximate surface area is 128 Å². The molecule has 4 nitrogen and oxygen atoms in total.